The van der Waals surface area contributed by atoms with Gasteiger partial charge in [-0.2, -0.15) is 23.5 Å². The largest absolute Gasteiger partial charge is 0.450 e. The van der Waals surface area contributed by atoms with Gasteiger partial charge < -0.3 is 4.90 Å². The molecule has 10 nitrogen and oxygen atoms in total. The maximum atomic E-state index is 14.2. The lowest BCUT2D eigenvalue weighted by Crippen LogP contribution is -2.48. The van der Waals surface area contributed by atoms with E-state index in [4.69, 9.17) is 0 Å². The van der Waals surface area contributed by atoms with Crippen LogP contribution in [0.15, 0.2) is 35.8 Å². The Labute approximate surface area is 194 Å². The number of benzene rings is 1. The molecular formula is C22H15F3N8O2. The fourth-order valence-electron chi connectivity index (χ4n) is 4.12. The molecule has 0 spiro atoms. The van der Waals surface area contributed by atoms with Gasteiger partial charge in [0.1, 0.15) is 17.3 Å². The number of nitrogens with one attached hydrogen (secondary N) is 1. The van der Waals surface area contributed by atoms with Crippen molar-refractivity contribution in [3.63, 3.8) is 0 Å². The minimum atomic E-state index is -5.02. The first-order valence-electron chi connectivity index (χ1n) is 10.3. The predicted octanol–water partition coefficient (Wildman–Crippen LogP) is 2.36. The van der Waals surface area contributed by atoms with Gasteiger partial charge in [0.15, 0.2) is 11.3 Å². The number of nitrogens with zero attached hydrogens (tertiary/aromatic N) is 7. The van der Waals surface area contributed by atoms with Crippen molar-refractivity contribution in [1.82, 2.24) is 34.6 Å². The molecule has 0 atom stereocenters. The van der Waals surface area contributed by atoms with Gasteiger partial charge in [-0.1, -0.05) is 12.6 Å². The summed E-state index contributed by atoms with van der Waals surface area (Å²) in [6, 6.07) is 4.96. The summed E-state index contributed by atoms with van der Waals surface area (Å²) in [6.45, 7) is 5.35. The van der Waals surface area contributed by atoms with E-state index in [0.717, 1.165) is 6.08 Å². The van der Waals surface area contributed by atoms with Crippen molar-refractivity contribution in [2.75, 3.05) is 13.1 Å². The second kappa shape index (κ2) is 7.73. The molecule has 13 heteroatoms. The topological polar surface area (TPSA) is 133 Å². The van der Waals surface area contributed by atoms with E-state index in [1.165, 1.54) is 11.1 Å². The van der Waals surface area contributed by atoms with Gasteiger partial charge in [0.05, 0.1) is 23.3 Å². The quantitative estimate of drug-likeness (QED) is 0.445. The predicted molar refractivity (Wildman–Crippen MR) is 117 cm³/mol. The first-order chi connectivity index (χ1) is 16.6. The number of carbonyl (C=O) groups is 1. The number of aromatic nitrogens is 6. The summed E-state index contributed by atoms with van der Waals surface area (Å²) in [5, 5.41) is 16.1. The van der Waals surface area contributed by atoms with Crippen molar-refractivity contribution in [2.45, 2.75) is 19.0 Å². The molecule has 4 heterocycles. The van der Waals surface area contributed by atoms with Crippen LogP contribution in [0.25, 0.3) is 27.6 Å². The molecule has 1 N–H and O–H groups in total. The van der Waals surface area contributed by atoms with Crippen molar-refractivity contribution < 1.29 is 18.0 Å². The van der Waals surface area contributed by atoms with Gasteiger partial charge in [0.2, 0.25) is 11.7 Å². The van der Waals surface area contributed by atoms with E-state index in [9.17, 15) is 28.0 Å². The molecule has 35 heavy (non-hydrogen) atoms. The van der Waals surface area contributed by atoms with Gasteiger partial charge in [-0.15, -0.1) is 0 Å². The maximum absolute atomic E-state index is 14.2. The Kier molecular flexibility index (Phi) is 4.90. The molecular weight excluding hydrogens is 465 g/mol. The third kappa shape index (κ3) is 3.41. The van der Waals surface area contributed by atoms with E-state index in [0.29, 0.717) is 15.6 Å². The first kappa shape index (κ1) is 22.2. The minimum Gasteiger partial charge on any atom is -0.338 e. The van der Waals surface area contributed by atoms with Crippen LogP contribution in [0.5, 0.6) is 0 Å². The summed E-state index contributed by atoms with van der Waals surface area (Å²) in [5.41, 5.74) is -1.33. The molecule has 176 valence electrons. The minimum absolute atomic E-state index is 0.0352. The molecule has 0 radical (unpaired) electrons. The van der Waals surface area contributed by atoms with Crippen LogP contribution in [-0.2, 0) is 11.0 Å². The Balaban J connectivity index is 1.78. The average molecular weight is 480 g/mol. The number of halogens is 3. The van der Waals surface area contributed by atoms with E-state index < -0.39 is 40.2 Å². The average Bonchev–Trinajstić information content (AvgIpc) is 3.26. The zero-order chi connectivity index (χ0) is 25.1. The maximum Gasteiger partial charge on any atom is 0.450 e. The number of aryl methyl sites for hydroxylation is 1. The molecule has 0 unspecified atom stereocenters. The van der Waals surface area contributed by atoms with E-state index in [-0.39, 0.29) is 35.9 Å². The Hall–Kier alpha value is -4.60. The number of aromatic amines is 1. The highest BCUT2D eigenvalue weighted by molar-refractivity contribution is 5.90. The standard InChI is InChI=1S/C22H15F3N8O2/c1-3-15(34)32-8-11(9-32)18-28-14(6-26)16-19(29-18)30-21(22(23,24)25)33(20(16)35)17-10(2)4-5-13-12(17)7-27-31-13/h3-5,7,11H,1,8-9H2,2H3,(H,27,31). The summed E-state index contributed by atoms with van der Waals surface area (Å²) >= 11 is 0. The van der Waals surface area contributed by atoms with Crippen molar-refractivity contribution >= 4 is 27.8 Å². The van der Waals surface area contributed by atoms with Gasteiger partial charge in [0.25, 0.3) is 5.56 Å². The smallest absolute Gasteiger partial charge is 0.338 e. The van der Waals surface area contributed by atoms with Crippen molar-refractivity contribution in [1.29, 1.82) is 5.26 Å². The number of H-pyrrole nitrogens is 1. The molecule has 1 fully saturated rings. The molecule has 0 saturated carbocycles. The highest BCUT2D eigenvalue weighted by Gasteiger charge is 2.40. The second-order valence-corrected chi connectivity index (χ2v) is 8.02. The molecule has 1 aliphatic rings. The summed E-state index contributed by atoms with van der Waals surface area (Å²) in [4.78, 5) is 38.6. The molecule has 1 amide bonds. The number of nitriles is 1. The van der Waals surface area contributed by atoms with E-state index >= 15 is 0 Å². The molecule has 5 rings (SSSR count). The van der Waals surface area contributed by atoms with Crippen molar-refractivity contribution in [3.05, 3.63) is 64.2 Å². The first-order valence-corrected chi connectivity index (χ1v) is 10.3. The Morgan fingerprint density at radius 2 is 2.03 bits per heavy atom. The van der Waals surface area contributed by atoms with Gasteiger partial charge in [-0.3, -0.25) is 19.3 Å². The monoisotopic (exact) mass is 480 g/mol. The van der Waals surface area contributed by atoms with Gasteiger partial charge in [0, 0.05) is 18.5 Å². The Bertz CT molecular complexity index is 1640. The van der Waals surface area contributed by atoms with Crippen LogP contribution in [0.4, 0.5) is 13.2 Å². The van der Waals surface area contributed by atoms with E-state index in [1.54, 1.807) is 25.1 Å². The third-order valence-corrected chi connectivity index (χ3v) is 5.86. The van der Waals surface area contributed by atoms with Crippen LogP contribution in [0, 0.1) is 18.3 Å². The van der Waals surface area contributed by atoms with Crippen molar-refractivity contribution in [2.24, 2.45) is 0 Å². The number of fused-ring (bicyclic) bond motifs is 2. The fourth-order valence-corrected chi connectivity index (χ4v) is 4.12. The number of rotatable bonds is 3. The summed E-state index contributed by atoms with van der Waals surface area (Å²) < 4.78 is 43.0. The number of alkyl halides is 3. The van der Waals surface area contributed by atoms with Gasteiger partial charge >= 0.3 is 6.18 Å². The zero-order valence-corrected chi connectivity index (χ0v) is 18.1. The summed E-state index contributed by atoms with van der Waals surface area (Å²) in [7, 11) is 0. The van der Waals surface area contributed by atoms with Crippen LogP contribution < -0.4 is 5.56 Å². The van der Waals surface area contributed by atoms with E-state index in [2.05, 4.69) is 31.7 Å². The van der Waals surface area contributed by atoms with Crippen LogP contribution in [-0.4, -0.2) is 53.6 Å². The molecule has 1 aromatic carbocycles. The molecule has 0 bridgehead atoms. The molecule has 1 aliphatic heterocycles. The normalized spacial score (nSPS) is 14.2. The third-order valence-electron chi connectivity index (χ3n) is 5.86. The number of hydrogen-bond acceptors (Lipinski definition) is 7. The second-order valence-electron chi connectivity index (χ2n) is 8.02. The molecule has 3 aromatic heterocycles. The van der Waals surface area contributed by atoms with Gasteiger partial charge in [-0.25, -0.2) is 15.0 Å². The number of hydrogen-bond donors (Lipinski definition) is 1. The number of carbonyl (C=O) groups excluding carboxylic acids is 1. The molecule has 1 saturated heterocycles. The van der Waals surface area contributed by atoms with Gasteiger partial charge in [-0.05, 0) is 24.6 Å². The number of likely N-dealkylation sites (tertiary alicyclic amines) is 1. The SMILES string of the molecule is C=CC(=O)N1CC(c2nc(C#N)c3c(=O)n(-c4c(C)ccc5[nH]ncc45)c(C(F)(F)F)nc3n2)C1. The zero-order valence-electron chi connectivity index (χ0n) is 18.1. The van der Waals surface area contributed by atoms with Crippen LogP contribution in [0.3, 0.4) is 0 Å². The lowest BCUT2D eigenvalue weighted by molar-refractivity contribution is -0.146. The fraction of sp³-hybridized carbons (Fsp3) is 0.227. The lowest BCUT2D eigenvalue weighted by atomic mass is 9.98. The Morgan fingerprint density at radius 3 is 2.69 bits per heavy atom. The van der Waals surface area contributed by atoms with E-state index in [1.807, 2.05) is 0 Å². The lowest BCUT2D eigenvalue weighted by Gasteiger charge is -2.37. The van der Waals surface area contributed by atoms with Crippen LogP contribution >= 0.6 is 0 Å². The van der Waals surface area contributed by atoms with Crippen molar-refractivity contribution in [3.8, 4) is 11.8 Å². The Morgan fingerprint density at radius 1 is 1.29 bits per heavy atom. The molecule has 4 aromatic rings. The highest BCUT2D eigenvalue weighted by atomic mass is 19.4. The molecule has 0 aliphatic carbocycles. The highest BCUT2D eigenvalue weighted by Crippen LogP contribution is 2.33. The van der Waals surface area contributed by atoms with Crippen LogP contribution in [0.2, 0.25) is 0 Å². The summed E-state index contributed by atoms with van der Waals surface area (Å²) in [6.07, 6.45) is -2.57. The summed E-state index contributed by atoms with van der Waals surface area (Å²) in [5.74, 6) is -2.19. The number of amides is 1. The van der Waals surface area contributed by atoms with Crippen LogP contribution in [0.1, 0.15) is 28.8 Å².